The fraction of sp³-hybridized carbons (Fsp3) is 0.619. The fourth-order valence-electron chi connectivity index (χ4n) is 3.41. The SMILES string of the molecule is CC(C)C(NC(=O)c1ccc([N+](=O)[O-])cc1Cl)C(=O)NCCCCN1CCN(C)CC1. The molecule has 31 heavy (non-hydrogen) atoms. The van der Waals surface area contributed by atoms with Crippen LogP contribution in [0.2, 0.25) is 5.02 Å². The van der Waals surface area contributed by atoms with Crippen molar-refractivity contribution in [2.24, 2.45) is 5.92 Å². The molecule has 2 N–H and O–H groups in total. The number of piperazine rings is 1. The smallest absolute Gasteiger partial charge is 0.270 e. The van der Waals surface area contributed by atoms with Gasteiger partial charge in [-0.15, -0.1) is 0 Å². The lowest BCUT2D eigenvalue weighted by molar-refractivity contribution is -0.384. The molecule has 1 aliphatic rings. The van der Waals surface area contributed by atoms with Crippen molar-refractivity contribution < 1.29 is 14.5 Å². The molecule has 1 atom stereocenters. The molecule has 1 aromatic rings. The second-order valence-corrected chi connectivity index (χ2v) is 8.67. The number of nitrogens with zero attached hydrogens (tertiary/aromatic N) is 3. The molecule has 10 heteroatoms. The normalized spacial score (nSPS) is 16.2. The maximum Gasteiger partial charge on any atom is 0.270 e. The van der Waals surface area contributed by atoms with E-state index >= 15 is 0 Å². The molecule has 0 saturated carbocycles. The van der Waals surface area contributed by atoms with Crippen molar-refractivity contribution in [1.29, 1.82) is 0 Å². The number of nitro benzene ring substituents is 1. The maximum atomic E-state index is 12.6. The Hall–Kier alpha value is -2.23. The number of likely N-dealkylation sites (N-methyl/N-ethyl adjacent to an activating group) is 1. The minimum absolute atomic E-state index is 0.0291. The molecule has 0 aliphatic carbocycles. The molecule has 0 aromatic heterocycles. The number of halogens is 1. The molecule has 2 rings (SSSR count). The molecule has 1 unspecified atom stereocenters. The quantitative estimate of drug-likeness (QED) is 0.319. The Morgan fingerprint density at radius 2 is 1.87 bits per heavy atom. The van der Waals surface area contributed by atoms with Crippen molar-refractivity contribution in [3.05, 3.63) is 38.9 Å². The summed E-state index contributed by atoms with van der Waals surface area (Å²) in [4.78, 5) is 40.2. The van der Waals surface area contributed by atoms with Gasteiger partial charge in [-0.05, 0) is 38.4 Å². The van der Waals surface area contributed by atoms with Crippen LogP contribution in [0.1, 0.15) is 37.0 Å². The summed E-state index contributed by atoms with van der Waals surface area (Å²) in [7, 11) is 2.13. The van der Waals surface area contributed by atoms with Crippen LogP contribution in [-0.4, -0.2) is 78.9 Å². The van der Waals surface area contributed by atoms with Gasteiger partial charge in [-0.2, -0.15) is 0 Å². The number of hydrogen-bond acceptors (Lipinski definition) is 6. The van der Waals surface area contributed by atoms with E-state index in [1.807, 2.05) is 13.8 Å². The standard InChI is InChI=1S/C21H32ClN5O4/c1-15(2)19(24-20(28)17-7-6-16(27(30)31)14-18(17)22)21(29)23-8-4-5-9-26-12-10-25(3)11-13-26/h6-7,14-15,19H,4-5,8-13H2,1-3H3,(H,23,29)(H,24,28). The molecule has 1 aliphatic heterocycles. The molecule has 0 radical (unpaired) electrons. The molecule has 172 valence electrons. The summed E-state index contributed by atoms with van der Waals surface area (Å²) in [6.45, 7) is 9.59. The van der Waals surface area contributed by atoms with E-state index in [4.69, 9.17) is 11.6 Å². The molecule has 1 saturated heterocycles. The zero-order valence-electron chi connectivity index (χ0n) is 18.4. The van der Waals surface area contributed by atoms with Gasteiger partial charge in [-0.1, -0.05) is 25.4 Å². The largest absolute Gasteiger partial charge is 0.354 e. The van der Waals surface area contributed by atoms with E-state index in [9.17, 15) is 19.7 Å². The predicted octanol–water partition coefficient (Wildman–Crippen LogP) is 2.15. The Morgan fingerprint density at radius 1 is 1.19 bits per heavy atom. The van der Waals surface area contributed by atoms with Gasteiger partial charge in [0.05, 0.1) is 15.5 Å². The van der Waals surface area contributed by atoms with E-state index in [0.717, 1.165) is 51.6 Å². The summed E-state index contributed by atoms with van der Waals surface area (Å²) < 4.78 is 0. The Labute approximate surface area is 188 Å². The lowest BCUT2D eigenvalue weighted by atomic mass is 10.0. The van der Waals surface area contributed by atoms with Crippen molar-refractivity contribution in [3.8, 4) is 0 Å². The molecule has 1 aromatic carbocycles. The Bertz CT molecular complexity index is 781. The Kier molecular flexibility index (Phi) is 9.67. The summed E-state index contributed by atoms with van der Waals surface area (Å²) >= 11 is 6.03. The summed E-state index contributed by atoms with van der Waals surface area (Å²) in [5.74, 6) is -0.920. The van der Waals surface area contributed by atoms with E-state index in [2.05, 4.69) is 27.5 Å². The zero-order valence-corrected chi connectivity index (χ0v) is 19.2. The van der Waals surface area contributed by atoms with E-state index < -0.39 is 16.9 Å². The van der Waals surface area contributed by atoms with Crippen LogP contribution in [0.25, 0.3) is 0 Å². The van der Waals surface area contributed by atoms with Crippen LogP contribution in [0.15, 0.2) is 18.2 Å². The Balaban J connectivity index is 1.81. The van der Waals surface area contributed by atoms with Gasteiger partial charge in [0, 0.05) is 44.9 Å². The second-order valence-electron chi connectivity index (χ2n) is 8.26. The van der Waals surface area contributed by atoms with Gasteiger partial charge in [-0.3, -0.25) is 19.7 Å². The summed E-state index contributed by atoms with van der Waals surface area (Å²) in [5, 5.41) is 16.4. The van der Waals surface area contributed by atoms with Gasteiger partial charge < -0.3 is 20.4 Å². The first-order valence-corrected chi connectivity index (χ1v) is 11.0. The third-order valence-electron chi connectivity index (χ3n) is 5.44. The fourth-order valence-corrected chi connectivity index (χ4v) is 3.67. The number of rotatable bonds is 10. The minimum atomic E-state index is -0.726. The molecular weight excluding hydrogens is 422 g/mol. The number of nitro groups is 1. The number of carbonyl (C=O) groups is 2. The van der Waals surface area contributed by atoms with Crippen LogP contribution in [0, 0.1) is 16.0 Å². The molecule has 1 heterocycles. The van der Waals surface area contributed by atoms with Crippen molar-refractivity contribution >= 4 is 29.1 Å². The summed E-state index contributed by atoms with van der Waals surface area (Å²) in [6, 6.07) is 2.91. The number of amides is 2. The highest BCUT2D eigenvalue weighted by Gasteiger charge is 2.25. The van der Waals surface area contributed by atoms with Crippen LogP contribution in [0.5, 0.6) is 0 Å². The van der Waals surface area contributed by atoms with Crippen molar-refractivity contribution in [2.45, 2.75) is 32.7 Å². The lowest BCUT2D eigenvalue weighted by Gasteiger charge is -2.32. The number of hydrogen-bond donors (Lipinski definition) is 2. The number of carbonyl (C=O) groups excluding carboxylic acids is 2. The zero-order chi connectivity index (χ0) is 23.0. The third kappa shape index (κ3) is 7.75. The van der Waals surface area contributed by atoms with E-state index in [1.54, 1.807) is 0 Å². The van der Waals surface area contributed by atoms with E-state index in [-0.39, 0.29) is 28.1 Å². The minimum Gasteiger partial charge on any atom is -0.354 e. The number of benzene rings is 1. The van der Waals surface area contributed by atoms with Crippen LogP contribution in [0.4, 0.5) is 5.69 Å². The summed E-state index contributed by atoms with van der Waals surface area (Å²) in [6.07, 6.45) is 1.87. The first-order chi connectivity index (χ1) is 14.7. The lowest BCUT2D eigenvalue weighted by Crippen LogP contribution is -2.50. The third-order valence-corrected chi connectivity index (χ3v) is 5.75. The van der Waals surface area contributed by atoms with Crippen LogP contribution in [0.3, 0.4) is 0 Å². The average molecular weight is 454 g/mol. The first-order valence-electron chi connectivity index (χ1n) is 10.6. The summed E-state index contributed by atoms with van der Waals surface area (Å²) in [5.41, 5.74) is -0.103. The first kappa shape index (κ1) is 25.0. The van der Waals surface area contributed by atoms with Crippen molar-refractivity contribution in [3.63, 3.8) is 0 Å². The molecule has 2 amide bonds. The van der Waals surface area contributed by atoms with Crippen molar-refractivity contribution in [2.75, 3.05) is 46.3 Å². The van der Waals surface area contributed by atoms with E-state index in [1.165, 1.54) is 12.1 Å². The Morgan fingerprint density at radius 3 is 2.45 bits per heavy atom. The van der Waals surface area contributed by atoms with Gasteiger partial charge >= 0.3 is 0 Å². The van der Waals surface area contributed by atoms with Crippen LogP contribution in [-0.2, 0) is 4.79 Å². The van der Waals surface area contributed by atoms with Crippen molar-refractivity contribution in [1.82, 2.24) is 20.4 Å². The van der Waals surface area contributed by atoms with Crippen LogP contribution >= 0.6 is 11.6 Å². The maximum absolute atomic E-state index is 12.6. The predicted molar refractivity (Wildman–Crippen MR) is 120 cm³/mol. The van der Waals surface area contributed by atoms with Gasteiger partial charge in [0.25, 0.3) is 11.6 Å². The average Bonchev–Trinajstić information content (AvgIpc) is 2.72. The monoisotopic (exact) mass is 453 g/mol. The van der Waals surface area contributed by atoms with Gasteiger partial charge in [0.2, 0.25) is 5.91 Å². The van der Waals surface area contributed by atoms with Gasteiger partial charge in [-0.25, -0.2) is 0 Å². The van der Waals surface area contributed by atoms with Crippen LogP contribution < -0.4 is 10.6 Å². The number of unbranched alkanes of at least 4 members (excludes halogenated alkanes) is 1. The molecular formula is C21H32ClN5O4. The van der Waals surface area contributed by atoms with Gasteiger partial charge in [0.15, 0.2) is 0 Å². The topological polar surface area (TPSA) is 108 Å². The molecule has 0 bridgehead atoms. The number of nitrogens with one attached hydrogen (secondary N) is 2. The highest BCUT2D eigenvalue weighted by Crippen LogP contribution is 2.22. The molecule has 1 fully saturated rings. The highest BCUT2D eigenvalue weighted by molar-refractivity contribution is 6.34. The second kappa shape index (κ2) is 12.0. The number of non-ortho nitro benzene ring substituents is 1. The van der Waals surface area contributed by atoms with Gasteiger partial charge in [0.1, 0.15) is 6.04 Å². The van der Waals surface area contributed by atoms with E-state index in [0.29, 0.717) is 6.54 Å². The molecule has 9 nitrogen and oxygen atoms in total. The molecule has 0 spiro atoms. The highest BCUT2D eigenvalue weighted by atomic mass is 35.5.